The van der Waals surface area contributed by atoms with Crippen LogP contribution in [0, 0.1) is 0 Å². The van der Waals surface area contributed by atoms with Crippen molar-refractivity contribution in [2.45, 2.75) is 11.0 Å². The van der Waals surface area contributed by atoms with Gasteiger partial charge in [0.25, 0.3) is 0 Å². The van der Waals surface area contributed by atoms with E-state index in [0.717, 1.165) is 10.4 Å². The van der Waals surface area contributed by atoms with Gasteiger partial charge in [-0.2, -0.15) is 4.31 Å². The van der Waals surface area contributed by atoms with Crippen molar-refractivity contribution in [3.8, 4) is 5.75 Å². The molecule has 2 rings (SSSR count). The number of carbonyl (C=O) groups is 1. The van der Waals surface area contributed by atoms with Crippen molar-refractivity contribution in [1.82, 2.24) is 4.31 Å². The van der Waals surface area contributed by atoms with E-state index in [1.54, 1.807) is 24.3 Å². The molecule has 1 unspecified atom stereocenters. The quantitative estimate of drug-likeness (QED) is 0.775. The number of likely N-dealkylation sites (N-methyl/N-ethyl adjacent to an activating group) is 1. The molecule has 2 N–H and O–H groups in total. The third-order valence-electron chi connectivity index (χ3n) is 3.72. The predicted octanol–water partition coefficient (Wildman–Crippen LogP) is 1.75. The normalized spacial score (nSPS) is 12.8. The Hall–Kier alpha value is -2.42. The fraction of sp³-hybridized carbons (Fsp3) is 0.235. The van der Waals surface area contributed by atoms with Crippen LogP contribution < -0.4 is 4.74 Å². The first kappa shape index (κ1) is 18.9. The van der Waals surface area contributed by atoms with Gasteiger partial charge in [-0.1, -0.05) is 18.2 Å². The first-order chi connectivity index (χ1) is 11.8. The Balaban J connectivity index is 2.18. The molecule has 0 amide bonds. The highest BCUT2D eigenvalue weighted by atomic mass is 32.2. The van der Waals surface area contributed by atoms with E-state index < -0.39 is 22.1 Å². The number of hydrogen-bond donors (Lipinski definition) is 2. The summed E-state index contributed by atoms with van der Waals surface area (Å²) in [6.07, 6.45) is -1.03. The Labute approximate surface area is 146 Å². The van der Waals surface area contributed by atoms with Gasteiger partial charge in [0.15, 0.2) is 0 Å². The number of carboxylic acid groups (broad SMARTS) is 1. The zero-order valence-electron chi connectivity index (χ0n) is 13.8. The summed E-state index contributed by atoms with van der Waals surface area (Å²) in [5.74, 6) is -0.583. The maximum atomic E-state index is 12.6. The van der Waals surface area contributed by atoms with E-state index >= 15 is 0 Å². The summed E-state index contributed by atoms with van der Waals surface area (Å²) in [7, 11) is -1.07. The molecule has 0 fully saturated rings. The standard InChI is InChI=1S/C17H19NO6S/c1-18(11-16(19)12-6-8-14(24-2)9-7-12)25(22,23)15-5-3-4-13(10-15)17(20)21/h3-10,16,19H,11H2,1-2H3,(H,20,21). The molecule has 7 nitrogen and oxygen atoms in total. The van der Waals surface area contributed by atoms with Crippen LogP contribution in [0.3, 0.4) is 0 Å². The molecule has 0 spiro atoms. The van der Waals surface area contributed by atoms with Gasteiger partial charge in [0.2, 0.25) is 10.0 Å². The number of benzene rings is 2. The Morgan fingerprint density at radius 2 is 1.84 bits per heavy atom. The highest BCUT2D eigenvalue weighted by Crippen LogP contribution is 2.22. The van der Waals surface area contributed by atoms with Crippen LogP contribution in [0.2, 0.25) is 0 Å². The van der Waals surface area contributed by atoms with Gasteiger partial charge in [-0.15, -0.1) is 0 Å². The number of ether oxygens (including phenoxy) is 1. The number of aliphatic hydroxyl groups excluding tert-OH is 1. The molecular weight excluding hydrogens is 346 g/mol. The van der Waals surface area contributed by atoms with Gasteiger partial charge in [0.1, 0.15) is 5.75 Å². The van der Waals surface area contributed by atoms with Gasteiger partial charge in [-0.05, 0) is 35.9 Å². The van der Waals surface area contributed by atoms with Gasteiger partial charge < -0.3 is 14.9 Å². The lowest BCUT2D eigenvalue weighted by atomic mass is 10.1. The van der Waals surface area contributed by atoms with Gasteiger partial charge in [-0.25, -0.2) is 13.2 Å². The molecule has 0 heterocycles. The van der Waals surface area contributed by atoms with Crippen molar-refractivity contribution >= 4 is 16.0 Å². The smallest absolute Gasteiger partial charge is 0.335 e. The van der Waals surface area contributed by atoms with E-state index in [2.05, 4.69) is 0 Å². The second kappa shape index (κ2) is 7.64. The van der Waals surface area contributed by atoms with Crippen LogP contribution in [-0.2, 0) is 10.0 Å². The lowest BCUT2D eigenvalue weighted by molar-refractivity contribution is 0.0696. The summed E-state index contributed by atoms with van der Waals surface area (Å²) in [5.41, 5.74) is 0.423. The average Bonchev–Trinajstić information content (AvgIpc) is 2.61. The van der Waals surface area contributed by atoms with Gasteiger partial charge in [0.05, 0.1) is 23.7 Å². The number of hydrogen-bond acceptors (Lipinski definition) is 5. The third-order valence-corrected chi connectivity index (χ3v) is 5.54. The Morgan fingerprint density at radius 3 is 2.40 bits per heavy atom. The van der Waals surface area contributed by atoms with Crippen LogP contribution in [0.4, 0.5) is 0 Å². The minimum atomic E-state index is -3.93. The molecule has 134 valence electrons. The summed E-state index contributed by atoms with van der Waals surface area (Å²) in [4.78, 5) is 10.9. The molecular formula is C17H19NO6S. The predicted molar refractivity (Wildman–Crippen MR) is 91.2 cm³/mol. The van der Waals surface area contributed by atoms with Gasteiger partial charge in [0, 0.05) is 13.6 Å². The largest absolute Gasteiger partial charge is 0.497 e. The summed E-state index contributed by atoms with van der Waals surface area (Å²) < 4.78 is 31.2. The van der Waals surface area contributed by atoms with Crippen molar-refractivity contribution in [3.63, 3.8) is 0 Å². The van der Waals surface area contributed by atoms with E-state index in [1.807, 2.05) is 0 Å². The van der Waals surface area contributed by atoms with Crippen molar-refractivity contribution in [2.24, 2.45) is 0 Å². The number of sulfonamides is 1. The average molecular weight is 365 g/mol. The molecule has 0 aromatic heterocycles. The second-order valence-electron chi connectivity index (χ2n) is 5.41. The van der Waals surface area contributed by atoms with Gasteiger partial charge >= 0.3 is 5.97 Å². The lowest BCUT2D eigenvalue weighted by Gasteiger charge is -2.21. The maximum Gasteiger partial charge on any atom is 0.335 e. The summed E-state index contributed by atoms with van der Waals surface area (Å²) in [6.45, 7) is -0.175. The first-order valence-corrected chi connectivity index (χ1v) is 8.81. The molecule has 2 aromatic rings. The number of aromatic carboxylic acids is 1. The highest BCUT2D eigenvalue weighted by molar-refractivity contribution is 7.89. The Kier molecular flexibility index (Phi) is 5.78. The fourth-order valence-corrected chi connectivity index (χ4v) is 3.47. The van der Waals surface area contributed by atoms with Crippen molar-refractivity contribution in [1.29, 1.82) is 0 Å². The van der Waals surface area contributed by atoms with Crippen LogP contribution >= 0.6 is 0 Å². The minimum absolute atomic E-state index is 0.120. The summed E-state index contributed by atoms with van der Waals surface area (Å²) in [5, 5.41) is 19.3. The van der Waals surface area contributed by atoms with Crippen molar-refractivity contribution in [3.05, 3.63) is 59.7 Å². The molecule has 0 radical (unpaired) electrons. The minimum Gasteiger partial charge on any atom is -0.497 e. The number of methoxy groups -OCH3 is 1. The third kappa shape index (κ3) is 4.36. The summed E-state index contributed by atoms with van der Waals surface area (Å²) in [6, 6.07) is 11.7. The molecule has 8 heteroatoms. The van der Waals surface area contributed by atoms with E-state index in [0.29, 0.717) is 11.3 Å². The van der Waals surface area contributed by atoms with Crippen LogP contribution in [0.1, 0.15) is 22.0 Å². The van der Waals surface area contributed by atoms with Crippen LogP contribution in [0.5, 0.6) is 5.75 Å². The Bertz CT molecular complexity index is 848. The topological polar surface area (TPSA) is 104 Å². The lowest BCUT2D eigenvalue weighted by Crippen LogP contribution is -2.31. The van der Waals surface area contributed by atoms with Crippen molar-refractivity contribution < 1.29 is 28.2 Å². The number of carboxylic acids is 1. The van der Waals surface area contributed by atoms with Crippen molar-refractivity contribution in [2.75, 3.05) is 20.7 Å². The van der Waals surface area contributed by atoms with Crippen LogP contribution in [0.15, 0.2) is 53.4 Å². The van der Waals surface area contributed by atoms with E-state index in [9.17, 15) is 18.3 Å². The zero-order chi connectivity index (χ0) is 18.6. The molecule has 2 aromatic carbocycles. The van der Waals surface area contributed by atoms with E-state index in [4.69, 9.17) is 9.84 Å². The fourth-order valence-electron chi connectivity index (χ4n) is 2.24. The monoisotopic (exact) mass is 365 g/mol. The molecule has 1 atom stereocenters. The number of aliphatic hydroxyl groups is 1. The SMILES string of the molecule is COc1ccc(C(O)CN(C)S(=O)(=O)c2cccc(C(=O)O)c2)cc1. The zero-order valence-corrected chi connectivity index (χ0v) is 14.6. The first-order valence-electron chi connectivity index (χ1n) is 7.37. The maximum absolute atomic E-state index is 12.6. The van der Waals surface area contributed by atoms with Crippen LogP contribution in [0.25, 0.3) is 0 Å². The molecule has 0 saturated heterocycles. The number of nitrogens with zero attached hydrogens (tertiary/aromatic N) is 1. The molecule has 0 aliphatic carbocycles. The van der Waals surface area contributed by atoms with E-state index in [1.165, 1.54) is 32.4 Å². The van der Waals surface area contributed by atoms with Gasteiger partial charge in [-0.3, -0.25) is 0 Å². The van der Waals surface area contributed by atoms with Crippen LogP contribution in [-0.4, -0.2) is 49.6 Å². The Morgan fingerprint density at radius 1 is 1.20 bits per heavy atom. The molecule has 0 bridgehead atoms. The molecule has 25 heavy (non-hydrogen) atoms. The summed E-state index contributed by atoms with van der Waals surface area (Å²) >= 11 is 0. The molecule has 0 saturated carbocycles. The van der Waals surface area contributed by atoms with E-state index in [-0.39, 0.29) is 17.0 Å². The molecule has 0 aliphatic rings. The highest BCUT2D eigenvalue weighted by Gasteiger charge is 2.24. The molecule has 0 aliphatic heterocycles. The second-order valence-corrected chi connectivity index (χ2v) is 7.45. The number of rotatable bonds is 7.